The van der Waals surface area contributed by atoms with E-state index in [0.717, 1.165) is 18.4 Å². The van der Waals surface area contributed by atoms with Crippen molar-refractivity contribution in [1.82, 2.24) is 24.6 Å². The van der Waals surface area contributed by atoms with Crippen molar-refractivity contribution in [3.63, 3.8) is 0 Å². The zero-order valence-electron chi connectivity index (χ0n) is 16.0. The molecule has 1 aliphatic rings. The van der Waals surface area contributed by atoms with Gasteiger partial charge in [-0.3, -0.25) is 9.36 Å². The van der Waals surface area contributed by atoms with Gasteiger partial charge in [-0.05, 0) is 37.1 Å². The van der Waals surface area contributed by atoms with E-state index in [2.05, 4.69) is 15.4 Å². The lowest BCUT2D eigenvalue weighted by atomic mass is 10.2. The van der Waals surface area contributed by atoms with Gasteiger partial charge >= 0.3 is 5.69 Å². The summed E-state index contributed by atoms with van der Waals surface area (Å²) in [5.74, 6) is 1.16. The highest BCUT2D eigenvalue weighted by Crippen LogP contribution is 2.36. The fourth-order valence-corrected chi connectivity index (χ4v) is 3.26. The van der Waals surface area contributed by atoms with Crippen LogP contribution in [0.2, 0.25) is 0 Å². The van der Waals surface area contributed by atoms with Crippen LogP contribution in [0.4, 0.5) is 0 Å². The molecule has 0 aliphatic heterocycles. The average Bonchev–Trinajstić information content (AvgIpc) is 3.18. The number of hydrogen-bond acceptors (Lipinski definition) is 6. The molecule has 1 aliphatic carbocycles. The molecule has 5 rings (SSSR count). The van der Waals surface area contributed by atoms with Gasteiger partial charge in [0.05, 0.1) is 19.0 Å². The zero-order valence-corrected chi connectivity index (χ0v) is 16.0. The summed E-state index contributed by atoms with van der Waals surface area (Å²) in [6.45, 7) is 0.455. The normalized spacial score (nSPS) is 13.5. The predicted molar refractivity (Wildman–Crippen MR) is 107 cm³/mol. The van der Waals surface area contributed by atoms with E-state index in [1.165, 1.54) is 10.9 Å². The molecule has 0 bridgehead atoms. The number of carbonyl (C=O) groups excluding carboxylic acids is 1. The van der Waals surface area contributed by atoms with Gasteiger partial charge in [0.25, 0.3) is 5.91 Å². The maximum atomic E-state index is 12.8. The predicted octanol–water partition coefficient (Wildman–Crippen LogP) is 2.72. The zero-order chi connectivity index (χ0) is 20.5. The Morgan fingerprint density at radius 1 is 1.17 bits per heavy atom. The Labute approximate surface area is 171 Å². The Morgan fingerprint density at radius 2 is 2.00 bits per heavy atom. The molecule has 9 nitrogen and oxygen atoms in total. The standard InChI is InChI=1S/C21H19N5O4/c27-19(17-13-23-20(30-17)14-5-2-1-3-6-14)22-10-11-25-21(28)26(15-8-9-15)18(24-25)16-7-4-12-29-16/h1-7,12-13,15H,8-11H2,(H,22,27). The van der Waals surface area contributed by atoms with Crippen LogP contribution in [-0.2, 0) is 6.54 Å². The van der Waals surface area contributed by atoms with Crippen LogP contribution in [0.3, 0.4) is 0 Å². The summed E-state index contributed by atoms with van der Waals surface area (Å²) in [7, 11) is 0. The highest BCUT2D eigenvalue weighted by atomic mass is 16.4. The van der Waals surface area contributed by atoms with Crippen LogP contribution in [-0.4, -0.2) is 31.8 Å². The van der Waals surface area contributed by atoms with Gasteiger partial charge in [-0.15, -0.1) is 5.10 Å². The molecule has 0 radical (unpaired) electrons. The lowest BCUT2D eigenvalue weighted by Crippen LogP contribution is -2.32. The molecule has 4 aromatic rings. The fraction of sp³-hybridized carbons (Fsp3) is 0.238. The molecule has 30 heavy (non-hydrogen) atoms. The number of furan rings is 1. The average molecular weight is 405 g/mol. The van der Waals surface area contributed by atoms with Crippen LogP contribution in [0.25, 0.3) is 23.0 Å². The van der Waals surface area contributed by atoms with Gasteiger partial charge in [0, 0.05) is 18.2 Å². The van der Waals surface area contributed by atoms with Gasteiger partial charge in [0.1, 0.15) is 0 Å². The van der Waals surface area contributed by atoms with E-state index in [1.54, 1.807) is 23.0 Å². The summed E-state index contributed by atoms with van der Waals surface area (Å²) < 4.78 is 14.0. The summed E-state index contributed by atoms with van der Waals surface area (Å²) in [5.41, 5.74) is 0.586. The first-order chi connectivity index (χ1) is 14.7. The van der Waals surface area contributed by atoms with Crippen molar-refractivity contribution >= 4 is 5.91 Å². The minimum atomic E-state index is -0.398. The molecule has 1 saturated carbocycles. The molecule has 0 unspecified atom stereocenters. The minimum Gasteiger partial charge on any atom is -0.461 e. The third kappa shape index (κ3) is 3.45. The SMILES string of the molecule is O=C(NCCn1nc(-c2ccco2)n(C2CC2)c1=O)c1cnc(-c2ccccc2)o1. The maximum Gasteiger partial charge on any atom is 0.346 e. The number of amides is 1. The Hall–Kier alpha value is -3.88. The van der Waals surface area contributed by atoms with Gasteiger partial charge in [-0.25, -0.2) is 14.5 Å². The molecular weight excluding hydrogens is 386 g/mol. The molecule has 1 amide bonds. The third-order valence-electron chi connectivity index (χ3n) is 4.88. The van der Waals surface area contributed by atoms with E-state index >= 15 is 0 Å². The summed E-state index contributed by atoms with van der Waals surface area (Å²) in [4.78, 5) is 29.3. The van der Waals surface area contributed by atoms with Gasteiger partial charge < -0.3 is 14.2 Å². The number of rotatable bonds is 7. The number of carbonyl (C=O) groups is 1. The van der Waals surface area contributed by atoms with Crippen LogP contribution < -0.4 is 11.0 Å². The molecular formula is C21H19N5O4. The molecule has 0 spiro atoms. The summed E-state index contributed by atoms with van der Waals surface area (Å²) in [6.07, 6.45) is 4.84. The Morgan fingerprint density at radius 3 is 2.73 bits per heavy atom. The quantitative estimate of drug-likeness (QED) is 0.506. The number of nitrogens with one attached hydrogen (secondary N) is 1. The molecule has 0 atom stereocenters. The monoisotopic (exact) mass is 405 g/mol. The van der Waals surface area contributed by atoms with E-state index in [0.29, 0.717) is 17.5 Å². The highest BCUT2D eigenvalue weighted by molar-refractivity contribution is 5.91. The van der Waals surface area contributed by atoms with Crippen molar-refractivity contribution in [3.8, 4) is 23.0 Å². The van der Waals surface area contributed by atoms with Crippen LogP contribution in [0.15, 0.2) is 68.6 Å². The number of aromatic nitrogens is 4. The van der Waals surface area contributed by atoms with E-state index in [4.69, 9.17) is 8.83 Å². The Balaban J connectivity index is 1.26. The van der Waals surface area contributed by atoms with Gasteiger partial charge in [-0.1, -0.05) is 18.2 Å². The van der Waals surface area contributed by atoms with Crippen LogP contribution in [0.1, 0.15) is 29.4 Å². The Bertz CT molecular complexity index is 1220. The van der Waals surface area contributed by atoms with E-state index in [1.807, 2.05) is 30.3 Å². The van der Waals surface area contributed by atoms with Crippen LogP contribution >= 0.6 is 0 Å². The van der Waals surface area contributed by atoms with Crippen LogP contribution in [0.5, 0.6) is 0 Å². The molecule has 152 valence electrons. The highest BCUT2D eigenvalue weighted by Gasteiger charge is 2.31. The molecule has 1 fully saturated rings. The topological polar surface area (TPSA) is 108 Å². The van der Waals surface area contributed by atoms with Gasteiger partial charge in [-0.2, -0.15) is 0 Å². The number of hydrogen-bond donors (Lipinski definition) is 1. The lowest BCUT2D eigenvalue weighted by molar-refractivity contribution is 0.0925. The first-order valence-electron chi connectivity index (χ1n) is 9.73. The Kier molecular flexibility index (Phi) is 4.55. The number of oxazole rings is 1. The minimum absolute atomic E-state index is 0.112. The fourth-order valence-electron chi connectivity index (χ4n) is 3.26. The van der Waals surface area contributed by atoms with E-state index in [9.17, 15) is 9.59 Å². The maximum absolute atomic E-state index is 12.8. The van der Waals surface area contributed by atoms with E-state index in [-0.39, 0.29) is 30.6 Å². The second-order valence-electron chi connectivity index (χ2n) is 7.06. The largest absolute Gasteiger partial charge is 0.461 e. The number of benzene rings is 1. The van der Waals surface area contributed by atoms with E-state index < -0.39 is 5.91 Å². The first-order valence-corrected chi connectivity index (χ1v) is 9.73. The first kappa shape index (κ1) is 18.2. The second kappa shape index (κ2) is 7.51. The molecule has 3 heterocycles. The van der Waals surface area contributed by atoms with Crippen molar-refractivity contribution < 1.29 is 13.6 Å². The lowest BCUT2D eigenvalue weighted by Gasteiger charge is -2.02. The molecule has 3 aromatic heterocycles. The van der Waals surface area contributed by atoms with Gasteiger partial charge in [0.2, 0.25) is 17.5 Å². The van der Waals surface area contributed by atoms with Crippen LogP contribution in [0, 0.1) is 0 Å². The molecule has 9 heteroatoms. The third-order valence-corrected chi connectivity index (χ3v) is 4.88. The smallest absolute Gasteiger partial charge is 0.346 e. The molecule has 0 saturated heterocycles. The summed E-state index contributed by atoms with van der Waals surface area (Å²) >= 11 is 0. The molecule has 1 aromatic carbocycles. The van der Waals surface area contributed by atoms with Crippen molar-refractivity contribution in [2.45, 2.75) is 25.4 Å². The van der Waals surface area contributed by atoms with Crippen molar-refractivity contribution in [2.75, 3.05) is 6.54 Å². The summed E-state index contributed by atoms with van der Waals surface area (Å²) in [5, 5.41) is 7.16. The van der Waals surface area contributed by atoms with Crippen molar-refractivity contribution in [1.29, 1.82) is 0 Å². The van der Waals surface area contributed by atoms with Gasteiger partial charge in [0.15, 0.2) is 5.76 Å². The summed E-state index contributed by atoms with van der Waals surface area (Å²) in [6, 6.07) is 13.0. The molecule has 1 N–H and O–H groups in total. The second-order valence-corrected chi connectivity index (χ2v) is 7.06. The van der Waals surface area contributed by atoms with Crippen molar-refractivity contribution in [3.05, 3.63) is 71.2 Å². The number of nitrogens with zero attached hydrogens (tertiary/aromatic N) is 4. The van der Waals surface area contributed by atoms with Crippen molar-refractivity contribution in [2.24, 2.45) is 0 Å².